The molecule has 1 atom stereocenters. The number of aliphatic imine (C=N–C) groups is 1. The van der Waals surface area contributed by atoms with Crippen molar-refractivity contribution < 1.29 is 9.47 Å². The second-order valence-corrected chi connectivity index (χ2v) is 7.22. The average Bonchev–Trinajstić information content (AvgIpc) is 2.75. The van der Waals surface area contributed by atoms with Crippen molar-refractivity contribution in [1.82, 2.24) is 15.2 Å². The van der Waals surface area contributed by atoms with Gasteiger partial charge in [0.1, 0.15) is 11.6 Å². The SMILES string of the molecule is CN=C(NCc1ccnc(N2CCOC(C)C2)c1)N(C)Cc1ccccc1OC. The van der Waals surface area contributed by atoms with Gasteiger partial charge in [-0.25, -0.2) is 4.98 Å². The first kappa shape index (κ1) is 20.9. The maximum Gasteiger partial charge on any atom is 0.193 e. The molecule has 1 aliphatic heterocycles. The first-order valence-electron chi connectivity index (χ1n) is 9.96. The lowest BCUT2D eigenvalue weighted by Crippen LogP contribution is -2.41. The second kappa shape index (κ2) is 10.1. The number of aromatic nitrogens is 1. The highest BCUT2D eigenvalue weighted by molar-refractivity contribution is 5.79. The average molecular weight is 398 g/mol. The minimum Gasteiger partial charge on any atom is -0.496 e. The van der Waals surface area contributed by atoms with E-state index >= 15 is 0 Å². The summed E-state index contributed by atoms with van der Waals surface area (Å²) < 4.78 is 11.1. The van der Waals surface area contributed by atoms with E-state index < -0.39 is 0 Å². The Morgan fingerprint density at radius 1 is 1.38 bits per heavy atom. The largest absolute Gasteiger partial charge is 0.496 e. The van der Waals surface area contributed by atoms with Crippen LogP contribution in [0.1, 0.15) is 18.1 Å². The molecule has 0 spiro atoms. The Morgan fingerprint density at radius 3 is 2.97 bits per heavy atom. The van der Waals surface area contributed by atoms with Gasteiger partial charge in [0.25, 0.3) is 0 Å². The summed E-state index contributed by atoms with van der Waals surface area (Å²) in [5.74, 6) is 2.71. The summed E-state index contributed by atoms with van der Waals surface area (Å²) in [5, 5.41) is 3.45. The number of pyridine rings is 1. The van der Waals surface area contributed by atoms with Gasteiger partial charge in [-0.2, -0.15) is 0 Å². The van der Waals surface area contributed by atoms with Crippen LogP contribution in [0.5, 0.6) is 5.75 Å². The van der Waals surface area contributed by atoms with Gasteiger partial charge in [0.05, 0.1) is 19.8 Å². The number of hydrogen-bond donors (Lipinski definition) is 1. The molecule has 2 heterocycles. The van der Waals surface area contributed by atoms with Crippen molar-refractivity contribution in [2.45, 2.75) is 26.1 Å². The van der Waals surface area contributed by atoms with Crippen LogP contribution in [0.15, 0.2) is 47.6 Å². The first-order chi connectivity index (χ1) is 14.1. The molecule has 1 aromatic heterocycles. The lowest BCUT2D eigenvalue weighted by molar-refractivity contribution is 0.0529. The Balaban J connectivity index is 1.61. The van der Waals surface area contributed by atoms with Gasteiger partial charge >= 0.3 is 0 Å². The number of methoxy groups -OCH3 is 1. The van der Waals surface area contributed by atoms with E-state index in [4.69, 9.17) is 9.47 Å². The zero-order chi connectivity index (χ0) is 20.6. The monoisotopic (exact) mass is 397 g/mol. The summed E-state index contributed by atoms with van der Waals surface area (Å²) in [5.41, 5.74) is 2.29. The molecule has 3 rings (SSSR count). The number of guanidine groups is 1. The third kappa shape index (κ3) is 5.60. The van der Waals surface area contributed by atoms with Gasteiger partial charge in [-0.1, -0.05) is 18.2 Å². The van der Waals surface area contributed by atoms with Crippen LogP contribution in [0.2, 0.25) is 0 Å². The van der Waals surface area contributed by atoms with E-state index in [1.807, 2.05) is 37.5 Å². The van der Waals surface area contributed by atoms with Gasteiger partial charge in [0.2, 0.25) is 0 Å². The van der Waals surface area contributed by atoms with Crippen molar-refractivity contribution >= 4 is 11.8 Å². The van der Waals surface area contributed by atoms with Gasteiger partial charge in [-0.05, 0) is 30.7 Å². The summed E-state index contributed by atoms with van der Waals surface area (Å²) in [6.07, 6.45) is 2.10. The molecule has 2 aromatic rings. The fraction of sp³-hybridized carbons (Fsp3) is 0.455. The molecule has 1 aliphatic rings. The Labute approximate surface area is 173 Å². The van der Waals surface area contributed by atoms with Crippen molar-refractivity contribution in [3.05, 3.63) is 53.7 Å². The minimum atomic E-state index is 0.231. The predicted molar refractivity (Wildman–Crippen MR) is 117 cm³/mol. The Hall–Kier alpha value is -2.80. The molecule has 7 heteroatoms. The molecule has 1 N–H and O–H groups in total. The van der Waals surface area contributed by atoms with Crippen molar-refractivity contribution in [3.8, 4) is 5.75 Å². The van der Waals surface area contributed by atoms with Crippen molar-refractivity contribution in [1.29, 1.82) is 0 Å². The number of nitrogens with one attached hydrogen (secondary N) is 1. The highest BCUT2D eigenvalue weighted by Crippen LogP contribution is 2.19. The van der Waals surface area contributed by atoms with Gasteiger partial charge in [-0.15, -0.1) is 0 Å². The number of anilines is 1. The molecule has 0 saturated carbocycles. The van der Waals surface area contributed by atoms with E-state index in [0.717, 1.165) is 42.8 Å². The van der Waals surface area contributed by atoms with Crippen LogP contribution < -0.4 is 15.0 Å². The van der Waals surface area contributed by atoms with Gasteiger partial charge < -0.3 is 24.6 Å². The molecule has 0 bridgehead atoms. The van der Waals surface area contributed by atoms with Crippen LogP contribution in [-0.4, -0.2) is 62.8 Å². The third-order valence-corrected chi connectivity index (χ3v) is 5.00. The normalized spacial score (nSPS) is 17.2. The van der Waals surface area contributed by atoms with Crippen molar-refractivity contribution in [3.63, 3.8) is 0 Å². The molecule has 156 valence electrons. The molecule has 1 saturated heterocycles. The lowest BCUT2D eigenvalue weighted by atomic mass is 10.2. The number of para-hydroxylation sites is 1. The number of morpholine rings is 1. The highest BCUT2D eigenvalue weighted by atomic mass is 16.5. The fourth-order valence-corrected chi connectivity index (χ4v) is 3.50. The molecule has 0 amide bonds. The first-order valence-corrected chi connectivity index (χ1v) is 9.96. The molecule has 7 nitrogen and oxygen atoms in total. The third-order valence-electron chi connectivity index (χ3n) is 5.00. The van der Waals surface area contributed by atoms with Crippen LogP contribution in [0, 0.1) is 0 Å². The Kier molecular flexibility index (Phi) is 7.30. The molecule has 0 radical (unpaired) electrons. The quantitative estimate of drug-likeness (QED) is 0.597. The van der Waals surface area contributed by atoms with Gasteiger partial charge in [-0.3, -0.25) is 4.99 Å². The van der Waals surface area contributed by atoms with Crippen molar-refractivity contribution in [2.24, 2.45) is 4.99 Å². The van der Waals surface area contributed by atoms with E-state index in [2.05, 4.69) is 44.1 Å². The van der Waals surface area contributed by atoms with Gasteiger partial charge in [0, 0.05) is 52.0 Å². The standard InChI is InChI=1S/C22H31N5O2/c1-17-15-27(11-12-29-17)21-13-18(9-10-24-21)14-25-22(23-2)26(3)16-19-7-5-6-8-20(19)28-4/h5-10,13,17H,11-12,14-16H2,1-4H3,(H,23,25). The number of hydrogen-bond acceptors (Lipinski definition) is 5. The fourth-order valence-electron chi connectivity index (χ4n) is 3.50. The smallest absolute Gasteiger partial charge is 0.193 e. The van der Waals surface area contributed by atoms with Crippen LogP contribution in [0.4, 0.5) is 5.82 Å². The van der Waals surface area contributed by atoms with Crippen LogP contribution in [-0.2, 0) is 17.8 Å². The summed E-state index contributed by atoms with van der Waals surface area (Å²) in [6, 6.07) is 12.2. The minimum absolute atomic E-state index is 0.231. The van der Waals surface area contributed by atoms with E-state index in [0.29, 0.717) is 13.1 Å². The van der Waals surface area contributed by atoms with E-state index in [-0.39, 0.29) is 6.10 Å². The molecular weight excluding hydrogens is 366 g/mol. The number of nitrogens with zero attached hydrogens (tertiary/aromatic N) is 4. The molecule has 0 aliphatic carbocycles. The number of benzene rings is 1. The zero-order valence-corrected chi connectivity index (χ0v) is 17.8. The summed E-state index contributed by atoms with van der Waals surface area (Å²) >= 11 is 0. The van der Waals surface area contributed by atoms with Crippen LogP contribution in [0.25, 0.3) is 0 Å². The summed E-state index contributed by atoms with van der Waals surface area (Å²) in [6.45, 7) is 5.96. The summed E-state index contributed by atoms with van der Waals surface area (Å²) in [4.78, 5) is 13.3. The number of ether oxygens (including phenoxy) is 2. The second-order valence-electron chi connectivity index (χ2n) is 7.22. The molecule has 29 heavy (non-hydrogen) atoms. The Morgan fingerprint density at radius 2 is 2.21 bits per heavy atom. The number of rotatable bonds is 6. The van der Waals surface area contributed by atoms with Crippen molar-refractivity contribution in [2.75, 3.05) is 45.8 Å². The molecule has 1 aromatic carbocycles. The van der Waals surface area contributed by atoms with Crippen LogP contribution in [0.3, 0.4) is 0 Å². The van der Waals surface area contributed by atoms with E-state index in [9.17, 15) is 0 Å². The predicted octanol–water partition coefficient (Wildman–Crippen LogP) is 2.52. The topological polar surface area (TPSA) is 62.2 Å². The Bertz CT molecular complexity index is 826. The van der Waals surface area contributed by atoms with E-state index in [1.165, 1.54) is 5.56 Å². The summed E-state index contributed by atoms with van der Waals surface area (Å²) in [7, 11) is 5.52. The van der Waals surface area contributed by atoms with E-state index in [1.54, 1.807) is 14.2 Å². The maximum absolute atomic E-state index is 5.63. The lowest BCUT2D eigenvalue weighted by Gasteiger charge is -2.32. The highest BCUT2D eigenvalue weighted by Gasteiger charge is 2.18. The zero-order valence-electron chi connectivity index (χ0n) is 17.8. The molecular formula is C22H31N5O2. The maximum atomic E-state index is 5.63. The van der Waals surface area contributed by atoms with Crippen LogP contribution >= 0.6 is 0 Å². The van der Waals surface area contributed by atoms with Gasteiger partial charge in [0.15, 0.2) is 5.96 Å². The molecule has 1 fully saturated rings. The molecule has 1 unspecified atom stereocenters.